The number of piperazine rings is 2. The van der Waals surface area contributed by atoms with Gasteiger partial charge >= 0.3 is 0 Å². The molecule has 1 atom stereocenters. The number of hydrogen-bond donors (Lipinski definition) is 4. The number of aromatic hydroxyl groups is 1. The molecule has 1 unspecified atom stereocenters. The zero-order valence-corrected chi connectivity index (χ0v) is 39.3. The highest BCUT2D eigenvalue weighted by Gasteiger charge is 2.45. The summed E-state index contributed by atoms with van der Waals surface area (Å²) in [5.74, 6) is -2.28. The molecule has 5 heterocycles. The number of hydrogen-bond acceptors (Lipinski definition) is 15. The number of piperidine rings is 1. The number of carbonyl (C=O) groups is 5. The first kappa shape index (κ1) is 48.3. The number of fused-ring (bicyclic) bond motifs is 3. The zero-order valence-electron chi connectivity index (χ0n) is 38.6. The molecule has 0 aliphatic carbocycles. The number of anilines is 3. The number of rotatable bonds is 18. The van der Waals surface area contributed by atoms with Crippen molar-refractivity contribution >= 4 is 80.3 Å². The van der Waals surface area contributed by atoms with E-state index in [2.05, 4.69) is 37.3 Å². The van der Waals surface area contributed by atoms with Crippen molar-refractivity contribution in [3.63, 3.8) is 0 Å². The normalized spacial score (nSPS) is 17.9. The van der Waals surface area contributed by atoms with Crippen molar-refractivity contribution in [3.8, 4) is 16.9 Å². The van der Waals surface area contributed by atoms with Crippen molar-refractivity contribution < 1.29 is 42.9 Å². The standard InChI is InChI=1S/C50H54ClFN10O8/c1-2-41(65)60-18-20-61(21-19-60)46-36-30-37(51)42(35-29-32(63)28-31-6-3-4-7-33(31)35)44(52)45(36)56-50(57-46)54-13-25-70-27-23-59-16-14-58(15-17-59)22-26-69-24-12-53-38-9-5-8-34-43(38)49(68)62(48(34)67)39-10-11-40(64)55-47(39)66/h2-9,28-30,39,53,63H,1,10-27H2,(H,54,56,57)(H,55,64,66). The van der Waals surface area contributed by atoms with Crippen LogP contribution >= 0.6 is 11.6 Å². The summed E-state index contributed by atoms with van der Waals surface area (Å²) < 4.78 is 28.9. The van der Waals surface area contributed by atoms with Crippen LogP contribution in [0.4, 0.5) is 21.8 Å². The molecule has 0 radical (unpaired) electrons. The smallest absolute Gasteiger partial charge is 0.264 e. The second-order valence-electron chi connectivity index (χ2n) is 17.5. The van der Waals surface area contributed by atoms with E-state index in [0.29, 0.717) is 88.2 Å². The molecule has 1 aromatic heterocycles. The number of benzene rings is 4. The molecule has 4 aliphatic rings. The molecule has 20 heteroatoms. The molecule has 18 nitrogen and oxygen atoms in total. The van der Waals surface area contributed by atoms with E-state index in [-0.39, 0.29) is 57.7 Å². The van der Waals surface area contributed by atoms with Gasteiger partial charge < -0.3 is 35.0 Å². The van der Waals surface area contributed by atoms with Crippen molar-refractivity contribution in [3.05, 3.63) is 95.3 Å². The Labute approximate surface area is 408 Å². The fourth-order valence-electron chi connectivity index (χ4n) is 9.50. The van der Waals surface area contributed by atoms with Crippen LogP contribution in [0.15, 0.2) is 73.3 Å². The van der Waals surface area contributed by atoms with E-state index in [4.69, 9.17) is 26.1 Å². The second-order valence-corrected chi connectivity index (χ2v) is 17.9. The Morgan fingerprint density at radius 3 is 2.21 bits per heavy atom. The van der Waals surface area contributed by atoms with E-state index >= 15 is 4.39 Å². The van der Waals surface area contributed by atoms with E-state index in [1.54, 1.807) is 35.2 Å². The number of aromatic nitrogens is 2. The highest BCUT2D eigenvalue weighted by atomic mass is 35.5. The van der Waals surface area contributed by atoms with Gasteiger partial charge in [0.1, 0.15) is 23.1 Å². The minimum atomic E-state index is -1.02. The minimum Gasteiger partial charge on any atom is -0.508 e. The van der Waals surface area contributed by atoms with Gasteiger partial charge in [0.25, 0.3) is 11.8 Å². The number of nitrogens with one attached hydrogen (secondary N) is 3. The number of ether oxygens (including phenoxy) is 2. The Morgan fingerprint density at radius 1 is 0.814 bits per heavy atom. The van der Waals surface area contributed by atoms with Crippen molar-refractivity contribution in [2.75, 3.05) is 120 Å². The average molecular weight is 977 g/mol. The summed E-state index contributed by atoms with van der Waals surface area (Å²) in [5, 5.41) is 21.3. The van der Waals surface area contributed by atoms with Gasteiger partial charge in [0, 0.05) is 102 Å². The third-order valence-corrected chi connectivity index (χ3v) is 13.5. The van der Waals surface area contributed by atoms with Gasteiger partial charge in [-0.15, -0.1) is 0 Å². The number of carbonyl (C=O) groups excluding carboxylic acids is 5. The van der Waals surface area contributed by atoms with Crippen molar-refractivity contribution in [2.45, 2.75) is 18.9 Å². The molecule has 366 valence electrons. The summed E-state index contributed by atoms with van der Waals surface area (Å²) in [6.45, 7) is 13.0. The van der Waals surface area contributed by atoms with Crippen molar-refractivity contribution in [1.82, 2.24) is 34.9 Å². The van der Waals surface area contributed by atoms with Gasteiger partial charge in [-0.3, -0.25) is 44.0 Å². The van der Waals surface area contributed by atoms with Crippen LogP contribution in [-0.2, 0) is 23.9 Å². The van der Waals surface area contributed by atoms with E-state index in [1.807, 2.05) is 29.2 Å². The van der Waals surface area contributed by atoms with Gasteiger partial charge in [0.15, 0.2) is 5.82 Å². The third kappa shape index (κ3) is 10.2. The molecular formula is C50H54ClFN10O8. The number of imide groups is 2. The zero-order chi connectivity index (χ0) is 48.9. The van der Waals surface area contributed by atoms with Crippen LogP contribution in [0.5, 0.6) is 5.75 Å². The Kier molecular flexibility index (Phi) is 14.8. The molecule has 70 heavy (non-hydrogen) atoms. The van der Waals surface area contributed by atoms with Crippen LogP contribution in [0, 0.1) is 5.82 Å². The quantitative estimate of drug-likeness (QED) is 0.0548. The molecule has 4 aliphatic heterocycles. The fourth-order valence-corrected chi connectivity index (χ4v) is 9.79. The highest BCUT2D eigenvalue weighted by molar-refractivity contribution is 6.35. The van der Waals surface area contributed by atoms with E-state index in [1.165, 1.54) is 12.1 Å². The molecule has 5 aromatic rings. The van der Waals surface area contributed by atoms with Crippen LogP contribution in [-0.4, -0.2) is 175 Å². The number of phenolic OH excluding ortho intramolecular Hbond substituents is 1. The van der Waals surface area contributed by atoms with Crippen LogP contribution in [0.3, 0.4) is 0 Å². The Balaban J connectivity index is 0.727. The monoisotopic (exact) mass is 976 g/mol. The molecule has 4 aromatic carbocycles. The van der Waals surface area contributed by atoms with E-state index in [0.717, 1.165) is 54.9 Å². The van der Waals surface area contributed by atoms with Gasteiger partial charge in [-0.1, -0.05) is 48.5 Å². The average Bonchev–Trinajstić information content (AvgIpc) is 3.62. The van der Waals surface area contributed by atoms with Gasteiger partial charge in [-0.05, 0) is 59.2 Å². The van der Waals surface area contributed by atoms with Crippen LogP contribution in [0.1, 0.15) is 33.6 Å². The van der Waals surface area contributed by atoms with Crippen molar-refractivity contribution in [1.29, 1.82) is 0 Å². The number of amides is 5. The number of nitrogens with zero attached hydrogens (tertiary/aromatic N) is 7. The van der Waals surface area contributed by atoms with Gasteiger partial charge in [0.2, 0.25) is 23.7 Å². The van der Waals surface area contributed by atoms with Crippen molar-refractivity contribution in [2.24, 2.45) is 0 Å². The number of halogens is 2. The molecule has 0 saturated carbocycles. The topological polar surface area (TPSA) is 202 Å². The van der Waals surface area contributed by atoms with Crippen LogP contribution in [0.2, 0.25) is 5.02 Å². The summed E-state index contributed by atoms with van der Waals surface area (Å²) in [5.41, 5.74) is 1.56. The largest absolute Gasteiger partial charge is 0.508 e. The SMILES string of the molecule is C=CC(=O)N1CCN(c2nc(NCCOCCN3CCN(CCOCCNc4cccc5c4C(=O)N(C4CCC(=O)NC4=O)C5=O)CC3)nc3c(F)c(-c4cc(O)cc5ccccc45)c(Cl)cc23)CC1. The Morgan fingerprint density at radius 2 is 1.51 bits per heavy atom. The second kappa shape index (κ2) is 21.5. The lowest BCUT2D eigenvalue weighted by Crippen LogP contribution is -2.54. The maximum atomic E-state index is 16.9. The maximum absolute atomic E-state index is 16.9. The summed E-state index contributed by atoms with van der Waals surface area (Å²) in [4.78, 5) is 81.8. The highest BCUT2D eigenvalue weighted by Crippen LogP contribution is 2.42. The summed E-state index contributed by atoms with van der Waals surface area (Å²) in [6.07, 6.45) is 1.45. The third-order valence-electron chi connectivity index (χ3n) is 13.2. The predicted octanol–water partition coefficient (Wildman–Crippen LogP) is 4.36. The lowest BCUT2D eigenvalue weighted by Gasteiger charge is -2.35. The molecule has 5 amide bonds. The minimum absolute atomic E-state index is 0.0198. The maximum Gasteiger partial charge on any atom is 0.264 e. The van der Waals surface area contributed by atoms with Gasteiger partial charge in [-0.2, -0.15) is 4.98 Å². The van der Waals surface area contributed by atoms with Gasteiger partial charge in [-0.25, -0.2) is 9.37 Å². The molecule has 0 bridgehead atoms. The number of phenols is 1. The summed E-state index contributed by atoms with van der Waals surface area (Å²) in [6, 6.07) is 16.1. The van der Waals surface area contributed by atoms with Crippen LogP contribution in [0.25, 0.3) is 32.8 Å². The van der Waals surface area contributed by atoms with E-state index < -0.39 is 35.5 Å². The molecular weight excluding hydrogens is 923 g/mol. The molecule has 3 fully saturated rings. The van der Waals surface area contributed by atoms with E-state index in [9.17, 15) is 29.1 Å². The lowest BCUT2D eigenvalue weighted by atomic mass is 9.96. The molecule has 4 N–H and O–H groups in total. The molecule has 9 rings (SSSR count). The van der Waals surface area contributed by atoms with Crippen LogP contribution < -0.4 is 20.9 Å². The lowest BCUT2D eigenvalue weighted by molar-refractivity contribution is -0.136. The summed E-state index contributed by atoms with van der Waals surface area (Å²) in [7, 11) is 0. The first-order valence-electron chi connectivity index (χ1n) is 23.5. The van der Waals surface area contributed by atoms with Gasteiger partial charge in [0.05, 0.1) is 42.6 Å². The fraction of sp³-hybridized carbons (Fsp3) is 0.380. The first-order chi connectivity index (χ1) is 34.0. The molecule has 0 spiro atoms. The predicted molar refractivity (Wildman–Crippen MR) is 263 cm³/mol. The molecule has 3 saturated heterocycles. The first-order valence-corrected chi connectivity index (χ1v) is 23.9. The Bertz CT molecular complexity index is 2850. The Hall–Kier alpha value is -6.77. The summed E-state index contributed by atoms with van der Waals surface area (Å²) >= 11 is 6.89.